The number of fused-ring (bicyclic) bond motifs is 1. The van der Waals surface area contributed by atoms with Gasteiger partial charge in [-0.1, -0.05) is 0 Å². The third-order valence-electron chi connectivity index (χ3n) is 5.03. The van der Waals surface area contributed by atoms with Crippen LogP contribution < -0.4 is 14.4 Å². The lowest BCUT2D eigenvalue weighted by atomic mass is 9.99. The van der Waals surface area contributed by atoms with E-state index < -0.39 is 24.5 Å². The van der Waals surface area contributed by atoms with Crippen LogP contribution in [0.4, 0.5) is 19.0 Å². The smallest absolute Gasteiger partial charge is 0.389 e. The van der Waals surface area contributed by atoms with Gasteiger partial charge in [0.15, 0.2) is 23.1 Å². The number of alkyl halides is 3. The van der Waals surface area contributed by atoms with Gasteiger partial charge in [-0.3, -0.25) is 9.69 Å². The number of methoxy groups -OCH3 is 2. The van der Waals surface area contributed by atoms with E-state index in [2.05, 4.69) is 19.9 Å². The number of benzene rings is 1. The zero-order valence-corrected chi connectivity index (χ0v) is 17.1. The van der Waals surface area contributed by atoms with Crippen molar-refractivity contribution in [3.63, 3.8) is 0 Å². The Morgan fingerprint density at radius 2 is 1.66 bits per heavy atom. The molecule has 1 aromatic carbocycles. The van der Waals surface area contributed by atoms with Gasteiger partial charge in [-0.2, -0.15) is 13.2 Å². The van der Waals surface area contributed by atoms with Crippen molar-refractivity contribution in [1.29, 1.82) is 0 Å². The molecule has 3 heterocycles. The number of aromatic nitrogens is 4. The summed E-state index contributed by atoms with van der Waals surface area (Å²) in [6.45, 7) is 0. The van der Waals surface area contributed by atoms with E-state index in [1.54, 1.807) is 6.07 Å². The molecule has 0 N–H and O–H groups in total. The van der Waals surface area contributed by atoms with E-state index in [-0.39, 0.29) is 29.5 Å². The fraction of sp³-hybridized carbons (Fsp3) is 0.286. The Morgan fingerprint density at radius 1 is 1.00 bits per heavy atom. The van der Waals surface area contributed by atoms with Crippen molar-refractivity contribution in [3.05, 3.63) is 54.0 Å². The second-order valence-corrected chi connectivity index (χ2v) is 6.95. The number of carbonyl (C=O) groups is 1. The zero-order chi connectivity index (χ0) is 22.9. The Balaban J connectivity index is 1.80. The maximum absolute atomic E-state index is 13.3. The summed E-state index contributed by atoms with van der Waals surface area (Å²) >= 11 is 0. The van der Waals surface area contributed by atoms with Crippen molar-refractivity contribution in [1.82, 2.24) is 19.9 Å². The molecule has 0 bridgehead atoms. The summed E-state index contributed by atoms with van der Waals surface area (Å²) in [4.78, 5) is 31.2. The van der Waals surface area contributed by atoms with Crippen molar-refractivity contribution < 1.29 is 27.4 Å². The first-order chi connectivity index (χ1) is 15.3. The summed E-state index contributed by atoms with van der Waals surface area (Å²) in [5.74, 6) is 0.654. The van der Waals surface area contributed by atoms with E-state index in [1.807, 2.05) is 0 Å². The molecular weight excluding hydrogens is 427 g/mol. The van der Waals surface area contributed by atoms with Crippen LogP contribution in [0.15, 0.2) is 42.9 Å². The number of hydrogen-bond donors (Lipinski definition) is 0. The summed E-state index contributed by atoms with van der Waals surface area (Å²) in [5, 5.41) is 0. The second-order valence-electron chi connectivity index (χ2n) is 6.95. The highest BCUT2D eigenvalue weighted by atomic mass is 19.4. The second kappa shape index (κ2) is 8.40. The number of rotatable bonds is 6. The van der Waals surface area contributed by atoms with Gasteiger partial charge in [0, 0.05) is 30.6 Å². The van der Waals surface area contributed by atoms with Crippen LogP contribution in [0.3, 0.4) is 0 Å². The molecule has 1 atom stereocenters. The monoisotopic (exact) mass is 445 g/mol. The number of ether oxygens (including phenoxy) is 2. The van der Waals surface area contributed by atoms with E-state index in [1.165, 1.54) is 55.9 Å². The third kappa shape index (κ3) is 4.05. The van der Waals surface area contributed by atoms with Gasteiger partial charge in [-0.25, -0.2) is 19.9 Å². The molecular formula is C21H18F3N5O3. The standard InChI is InChI=1S/C21H18F3N5O3/c1-31-15-10-12-13(11-16(15)32-2)20(30)29(14(12)4-6-21(22,23)24)17-5-9-27-19(28-17)18-25-7-3-8-26-18/h3,5,7-11,14H,4,6H2,1-2H3/t14-/m1/s1. The average molecular weight is 445 g/mol. The minimum atomic E-state index is -4.39. The molecule has 1 amide bonds. The van der Waals surface area contributed by atoms with Crippen LogP contribution in [0.5, 0.6) is 11.5 Å². The summed E-state index contributed by atoms with van der Waals surface area (Å²) < 4.78 is 49.8. The number of anilines is 1. The van der Waals surface area contributed by atoms with Gasteiger partial charge < -0.3 is 9.47 Å². The molecule has 0 fully saturated rings. The van der Waals surface area contributed by atoms with Gasteiger partial charge in [0.1, 0.15) is 5.82 Å². The lowest BCUT2D eigenvalue weighted by Crippen LogP contribution is -2.29. The predicted octanol–water partition coefficient (Wildman–Crippen LogP) is 3.99. The van der Waals surface area contributed by atoms with Gasteiger partial charge in [-0.05, 0) is 36.2 Å². The third-order valence-corrected chi connectivity index (χ3v) is 5.03. The van der Waals surface area contributed by atoms with Crippen LogP contribution in [-0.2, 0) is 0 Å². The molecule has 0 radical (unpaired) electrons. The van der Waals surface area contributed by atoms with Crippen molar-refractivity contribution >= 4 is 11.7 Å². The molecule has 8 nitrogen and oxygen atoms in total. The Morgan fingerprint density at radius 3 is 2.31 bits per heavy atom. The summed E-state index contributed by atoms with van der Waals surface area (Å²) in [7, 11) is 2.83. The molecule has 0 aliphatic carbocycles. The Bertz CT molecular complexity index is 1140. The first-order valence-corrected chi connectivity index (χ1v) is 9.59. The number of amides is 1. The normalized spacial score (nSPS) is 15.6. The lowest BCUT2D eigenvalue weighted by Gasteiger charge is -2.25. The Kier molecular flexibility index (Phi) is 5.64. The van der Waals surface area contributed by atoms with E-state index in [4.69, 9.17) is 9.47 Å². The number of halogens is 3. The number of hydrogen-bond acceptors (Lipinski definition) is 7. The topological polar surface area (TPSA) is 90.3 Å². The number of carbonyl (C=O) groups excluding carboxylic acids is 1. The minimum Gasteiger partial charge on any atom is -0.493 e. The van der Waals surface area contributed by atoms with Crippen LogP contribution >= 0.6 is 0 Å². The van der Waals surface area contributed by atoms with E-state index in [9.17, 15) is 18.0 Å². The van der Waals surface area contributed by atoms with E-state index in [0.717, 1.165) is 0 Å². The minimum absolute atomic E-state index is 0.147. The predicted molar refractivity (Wildman–Crippen MR) is 107 cm³/mol. The van der Waals surface area contributed by atoms with Crippen LogP contribution in [0, 0.1) is 0 Å². The summed E-state index contributed by atoms with van der Waals surface area (Å²) in [6.07, 6.45) is -1.37. The fourth-order valence-corrected chi connectivity index (χ4v) is 3.62. The van der Waals surface area contributed by atoms with Crippen molar-refractivity contribution in [2.24, 2.45) is 0 Å². The molecule has 2 aromatic heterocycles. The first-order valence-electron chi connectivity index (χ1n) is 9.59. The summed E-state index contributed by atoms with van der Waals surface area (Å²) in [5.41, 5.74) is 0.638. The molecule has 0 spiro atoms. The highest BCUT2D eigenvalue weighted by Gasteiger charge is 2.42. The molecule has 1 aliphatic rings. The Labute approximate surface area is 181 Å². The van der Waals surface area contributed by atoms with Crippen LogP contribution in [0.25, 0.3) is 11.6 Å². The molecule has 0 saturated heterocycles. The molecule has 32 heavy (non-hydrogen) atoms. The van der Waals surface area contributed by atoms with Crippen molar-refractivity contribution in [2.45, 2.75) is 25.1 Å². The molecule has 0 saturated carbocycles. The van der Waals surface area contributed by atoms with Crippen LogP contribution in [0.2, 0.25) is 0 Å². The van der Waals surface area contributed by atoms with Gasteiger partial charge in [-0.15, -0.1) is 0 Å². The quantitative estimate of drug-likeness (QED) is 0.567. The van der Waals surface area contributed by atoms with Crippen molar-refractivity contribution in [2.75, 3.05) is 19.1 Å². The van der Waals surface area contributed by atoms with E-state index >= 15 is 0 Å². The summed E-state index contributed by atoms with van der Waals surface area (Å²) in [6, 6.07) is 5.20. The van der Waals surface area contributed by atoms with Gasteiger partial charge in [0.05, 0.1) is 20.3 Å². The van der Waals surface area contributed by atoms with Gasteiger partial charge >= 0.3 is 6.18 Å². The molecule has 3 aromatic rings. The molecule has 11 heteroatoms. The fourth-order valence-electron chi connectivity index (χ4n) is 3.62. The van der Waals surface area contributed by atoms with Crippen LogP contribution in [0.1, 0.15) is 34.8 Å². The number of nitrogens with zero attached hydrogens (tertiary/aromatic N) is 5. The van der Waals surface area contributed by atoms with Crippen molar-refractivity contribution in [3.8, 4) is 23.1 Å². The molecule has 166 valence electrons. The maximum atomic E-state index is 13.3. The Hall–Kier alpha value is -3.76. The average Bonchev–Trinajstić information content (AvgIpc) is 3.07. The van der Waals surface area contributed by atoms with Crippen LogP contribution in [-0.4, -0.2) is 46.2 Å². The highest BCUT2D eigenvalue weighted by molar-refractivity contribution is 6.11. The zero-order valence-electron chi connectivity index (χ0n) is 17.1. The maximum Gasteiger partial charge on any atom is 0.389 e. The molecule has 1 aliphatic heterocycles. The SMILES string of the molecule is COc1cc2c(cc1OC)[C@@H](CCC(F)(F)F)N(c1ccnc(-c3ncccn3)n1)C2=O. The highest BCUT2D eigenvalue weighted by Crippen LogP contribution is 2.45. The van der Waals surface area contributed by atoms with Gasteiger partial charge in [0.25, 0.3) is 5.91 Å². The first kappa shape index (κ1) is 21.5. The molecule has 0 unspecified atom stereocenters. The molecule has 4 rings (SSSR count). The largest absolute Gasteiger partial charge is 0.493 e. The van der Waals surface area contributed by atoms with Gasteiger partial charge in [0.2, 0.25) is 0 Å². The van der Waals surface area contributed by atoms with E-state index in [0.29, 0.717) is 17.1 Å². The lowest BCUT2D eigenvalue weighted by molar-refractivity contribution is -0.136.